The molecule has 5 nitrogen and oxygen atoms in total. The lowest BCUT2D eigenvalue weighted by atomic mass is 9.93. The van der Waals surface area contributed by atoms with Gasteiger partial charge in [0.25, 0.3) is 0 Å². The van der Waals surface area contributed by atoms with Crippen LogP contribution in [0, 0.1) is 0 Å². The van der Waals surface area contributed by atoms with Crippen molar-refractivity contribution in [2.75, 3.05) is 26.0 Å². The Morgan fingerprint density at radius 1 is 1.09 bits per heavy atom. The van der Waals surface area contributed by atoms with Gasteiger partial charge in [0.15, 0.2) is 0 Å². The van der Waals surface area contributed by atoms with E-state index in [1.165, 1.54) is 0 Å². The van der Waals surface area contributed by atoms with Crippen molar-refractivity contribution in [2.45, 2.75) is 5.92 Å². The summed E-state index contributed by atoms with van der Waals surface area (Å²) < 4.78 is 5.23. The first-order valence-electron chi connectivity index (χ1n) is 7.55. The van der Waals surface area contributed by atoms with Crippen LogP contribution in [0.25, 0.3) is 10.9 Å². The molecule has 0 saturated heterocycles. The minimum Gasteiger partial charge on any atom is -0.497 e. The van der Waals surface area contributed by atoms with Crippen molar-refractivity contribution in [3.05, 3.63) is 59.8 Å². The first kappa shape index (κ1) is 15.2. The van der Waals surface area contributed by atoms with Gasteiger partial charge < -0.3 is 15.8 Å². The molecule has 0 spiro atoms. The van der Waals surface area contributed by atoms with Crippen molar-refractivity contribution < 1.29 is 4.74 Å². The van der Waals surface area contributed by atoms with E-state index < -0.39 is 0 Å². The minimum absolute atomic E-state index is 0.000839. The van der Waals surface area contributed by atoms with E-state index in [0.717, 1.165) is 27.9 Å². The largest absolute Gasteiger partial charge is 0.497 e. The predicted octanol–water partition coefficient (Wildman–Crippen LogP) is 2.77. The van der Waals surface area contributed by atoms with Gasteiger partial charge in [-0.2, -0.15) is 0 Å². The summed E-state index contributed by atoms with van der Waals surface area (Å²) in [7, 11) is 3.48. The highest BCUT2D eigenvalue weighted by Gasteiger charge is 2.18. The third-order valence-corrected chi connectivity index (χ3v) is 3.94. The molecule has 5 heteroatoms. The molecule has 118 valence electrons. The van der Waals surface area contributed by atoms with Crippen molar-refractivity contribution in [1.82, 2.24) is 9.97 Å². The van der Waals surface area contributed by atoms with Gasteiger partial charge in [-0.05, 0) is 23.8 Å². The van der Waals surface area contributed by atoms with Gasteiger partial charge in [0.05, 0.1) is 18.3 Å². The number of rotatable bonds is 5. The second-order valence-electron chi connectivity index (χ2n) is 5.26. The zero-order valence-corrected chi connectivity index (χ0v) is 13.3. The summed E-state index contributed by atoms with van der Waals surface area (Å²) in [6, 6.07) is 16.0. The monoisotopic (exact) mass is 308 g/mol. The second kappa shape index (κ2) is 6.62. The molecule has 0 radical (unpaired) electrons. The van der Waals surface area contributed by atoms with E-state index in [-0.39, 0.29) is 5.92 Å². The molecule has 0 aliphatic rings. The van der Waals surface area contributed by atoms with Crippen molar-refractivity contribution in [3.63, 3.8) is 0 Å². The normalized spacial score (nSPS) is 12.1. The van der Waals surface area contributed by atoms with E-state index in [1.807, 2.05) is 55.6 Å². The number of hydrogen-bond acceptors (Lipinski definition) is 5. The first-order valence-corrected chi connectivity index (χ1v) is 7.55. The first-order chi connectivity index (χ1) is 11.3. The van der Waals surface area contributed by atoms with Crippen LogP contribution in [-0.2, 0) is 0 Å². The fourth-order valence-corrected chi connectivity index (χ4v) is 2.72. The van der Waals surface area contributed by atoms with Gasteiger partial charge in [-0.1, -0.05) is 30.3 Å². The minimum atomic E-state index is 0.000839. The maximum atomic E-state index is 6.08. The summed E-state index contributed by atoms with van der Waals surface area (Å²) >= 11 is 0. The standard InChI is InChI=1S/C18H20N4O/c1-20-18-21-16-6-4-3-5-14(16)17(22-18)15(11-19)12-7-9-13(23-2)10-8-12/h3-10,15H,11,19H2,1-2H3,(H,20,21,22). The van der Waals surface area contributed by atoms with Crippen LogP contribution >= 0.6 is 0 Å². The van der Waals surface area contributed by atoms with Crippen molar-refractivity contribution >= 4 is 16.9 Å². The molecule has 23 heavy (non-hydrogen) atoms. The lowest BCUT2D eigenvalue weighted by molar-refractivity contribution is 0.414. The number of methoxy groups -OCH3 is 1. The van der Waals surface area contributed by atoms with Gasteiger partial charge in [-0.15, -0.1) is 0 Å². The molecule has 3 N–H and O–H groups in total. The summed E-state index contributed by atoms with van der Waals surface area (Å²) in [4.78, 5) is 9.19. The molecule has 1 heterocycles. The van der Waals surface area contributed by atoms with E-state index in [0.29, 0.717) is 12.5 Å². The van der Waals surface area contributed by atoms with Gasteiger partial charge in [0.2, 0.25) is 5.95 Å². The lowest BCUT2D eigenvalue weighted by Gasteiger charge is -2.18. The number of nitrogens with zero attached hydrogens (tertiary/aromatic N) is 2. The zero-order chi connectivity index (χ0) is 16.2. The van der Waals surface area contributed by atoms with Crippen LogP contribution in [0.3, 0.4) is 0 Å². The Balaban J connectivity index is 2.14. The number of aromatic nitrogens is 2. The number of nitrogens with one attached hydrogen (secondary N) is 1. The third kappa shape index (κ3) is 2.96. The maximum absolute atomic E-state index is 6.08. The number of anilines is 1. The lowest BCUT2D eigenvalue weighted by Crippen LogP contribution is -2.16. The predicted molar refractivity (Wildman–Crippen MR) is 93.0 cm³/mol. The molecule has 0 fully saturated rings. The van der Waals surface area contributed by atoms with Crippen LogP contribution in [0.15, 0.2) is 48.5 Å². The summed E-state index contributed by atoms with van der Waals surface area (Å²) in [5.41, 5.74) is 9.04. The van der Waals surface area contributed by atoms with E-state index >= 15 is 0 Å². The number of benzene rings is 2. The topological polar surface area (TPSA) is 73.1 Å². The highest BCUT2D eigenvalue weighted by molar-refractivity contribution is 5.83. The molecule has 0 amide bonds. The third-order valence-electron chi connectivity index (χ3n) is 3.94. The Morgan fingerprint density at radius 3 is 2.48 bits per heavy atom. The fraction of sp³-hybridized carbons (Fsp3) is 0.222. The molecule has 0 aliphatic heterocycles. The highest BCUT2D eigenvalue weighted by Crippen LogP contribution is 2.30. The van der Waals surface area contributed by atoms with Gasteiger partial charge in [0, 0.05) is 24.9 Å². The maximum Gasteiger partial charge on any atom is 0.223 e. The van der Waals surface area contributed by atoms with Gasteiger partial charge >= 0.3 is 0 Å². The SMILES string of the molecule is CNc1nc(C(CN)c2ccc(OC)cc2)c2ccccc2n1. The molecule has 0 aliphatic carbocycles. The van der Waals surface area contributed by atoms with Crippen LogP contribution < -0.4 is 15.8 Å². The molecular weight excluding hydrogens is 288 g/mol. The summed E-state index contributed by atoms with van der Waals surface area (Å²) in [6.45, 7) is 0.469. The average molecular weight is 308 g/mol. The number of para-hydroxylation sites is 1. The zero-order valence-electron chi connectivity index (χ0n) is 13.3. The molecule has 2 aromatic carbocycles. The highest BCUT2D eigenvalue weighted by atomic mass is 16.5. The van der Waals surface area contributed by atoms with Gasteiger partial charge in [-0.25, -0.2) is 9.97 Å². The second-order valence-corrected chi connectivity index (χ2v) is 5.26. The van der Waals surface area contributed by atoms with Gasteiger partial charge in [0.1, 0.15) is 5.75 Å². The molecule has 0 saturated carbocycles. The molecule has 3 rings (SSSR count). The molecular formula is C18H20N4O. The molecule has 1 atom stereocenters. The van der Waals surface area contributed by atoms with Crippen molar-refractivity contribution in [1.29, 1.82) is 0 Å². The molecule has 1 aromatic heterocycles. The van der Waals surface area contributed by atoms with E-state index in [4.69, 9.17) is 10.5 Å². The Kier molecular flexibility index (Phi) is 4.39. The Morgan fingerprint density at radius 2 is 1.83 bits per heavy atom. The number of ether oxygens (including phenoxy) is 1. The van der Waals surface area contributed by atoms with E-state index in [1.54, 1.807) is 7.11 Å². The number of nitrogens with two attached hydrogens (primary N) is 1. The summed E-state index contributed by atoms with van der Waals surface area (Å²) in [5.74, 6) is 1.43. The van der Waals surface area contributed by atoms with Gasteiger partial charge in [-0.3, -0.25) is 0 Å². The Bertz CT molecular complexity index is 802. The molecule has 0 bridgehead atoms. The average Bonchev–Trinajstić information content (AvgIpc) is 2.62. The van der Waals surface area contributed by atoms with Crippen LogP contribution in [0.4, 0.5) is 5.95 Å². The quantitative estimate of drug-likeness (QED) is 0.758. The van der Waals surface area contributed by atoms with E-state index in [9.17, 15) is 0 Å². The smallest absolute Gasteiger partial charge is 0.223 e. The van der Waals surface area contributed by atoms with Crippen LogP contribution in [0.5, 0.6) is 5.75 Å². The summed E-state index contributed by atoms with van der Waals surface area (Å²) in [5, 5.41) is 4.05. The van der Waals surface area contributed by atoms with Crippen molar-refractivity contribution in [3.8, 4) is 5.75 Å². The molecule has 3 aromatic rings. The number of fused-ring (bicyclic) bond motifs is 1. The van der Waals surface area contributed by atoms with Crippen LogP contribution in [-0.4, -0.2) is 30.7 Å². The molecule has 1 unspecified atom stereocenters. The Hall–Kier alpha value is -2.66. The van der Waals surface area contributed by atoms with Crippen LogP contribution in [0.1, 0.15) is 17.2 Å². The Labute approximate surface area is 135 Å². The number of hydrogen-bond donors (Lipinski definition) is 2. The summed E-state index contributed by atoms with van der Waals surface area (Å²) in [6.07, 6.45) is 0. The van der Waals surface area contributed by atoms with E-state index in [2.05, 4.69) is 15.3 Å². The van der Waals surface area contributed by atoms with Crippen LogP contribution in [0.2, 0.25) is 0 Å². The van der Waals surface area contributed by atoms with Crippen molar-refractivity contribution in [2.24, 2.45) is 5.73 Å². The fourth-order valence-electron chi connectivity index (χ4n) is 2.72.